The topological polar surface area (TPSA) is 26.3 Å². The van der Waals surface area contributed by atoms with Gasteiger partial charge >= 0.3 is 0 Å². The second kappa shape index (κ2) is 5.50. The van der Waals surface area contributed by atoms with Crippen molar-refractivity contribution in [2.75, 3.05) is 6.61 Å². The number of ether oxygens (including phenoxy) is 1. The summed E-state index contributed by atoms with van der Waals surface area (Å²) in [4.78, 5) is 11.7. The molecule has 1 aromatic carbocycles. The molecule has 0 aliphatic heterocycles. The van der Waals surface area contributed by atoms with Crippen molar-refractivity contribution in [3.8, 4) is 5.75 Å². The van der Waals surface area contributed by atoms with Crippen LogP contribution in [-0.2, 0) is 4.79 Å². The molecule has 2 nitrogen and oxygen atoms in total. The monoisotopic (exact) mass is 256 g/mol. The third-order valence-corrected chi connectivity index (χ3v) is 3.37. The van der Waals surface area contributed by atoms with Gasteiger partial charge in [0.05, 0.1) is 5.02 Å². The molecule has 0 amide bonds. The molecular formula is C13H14ClFO2. The minimum absolute atomic E-state index is 0.0100. The molecule has 0 unspecified atom stereocenters. The summed E-state index contributed by atoms with van der Waals surface area (Å²) in [6, 6.07) is 4.10. The first kappa shape index (κ1) is 12.4. The zero-order valence-corrected chi connectivity index (χ0v) is 10.2. The molecule has 1 saturated carbocycles. The van der Waals surface area contributed by atoms with Crippen LogP contribution < -0.4 is 4.74 Å². The van der Waals surface area contributed by atoms with E-state index >= 15 is 0 Å². The molecule has 2 rings (SSSR count). The van der Waals surface area contributed by atoms with Gasteiger partial charge in [-0.2, -0.15) is 0 Å². The van der Waals surface area contributed by atoms with Crippen LogP contribution in [-0.4, -0.2) is 12.4 Å². The van der Waals surface area contributed by atoms with E-state index < -0.39 is 5.82 Å². The van der Waals surface area contributed by atoms with Crippen molar-refractivity contribution in [2.45, 2.75) is 25.7 Å². The smallest absolute Gasteiger partial charge is 0.173 e. The third kappa shape index (κ3) is 3.19. The van der Waals surface area contributed by atoms with Gasteiger partial charge in [0.2, 0.25) is 0 Å². The van der Waals surface area contributed by atoms with Gasteiger partial charge < -0.3 is 4.74 Å². The molecule has 0 bridgehead atoms. The van der Waals surface area contributed by atoms with Crippen LogP contribution in [0.5, 0.6) is 5.75 Å². The van der Waals surface area contributed by atoms with Crippen LogP contribution in [0.4, 0.5) is 4.39 Å². The van der Waals surface area contributed by atoms with Gasteiger partial charge in [-0.25, -0.2) is 4.39 Å². The Kier molecular flexibility index (Phi) is 4.00. The van der Waals surface area contributed by atoms with Crippen LogP contribution in [0.3, 0.4) is 0 Å². The number of hydrogen-bond acceptors (Lipinski definition) is 2. The zero-order chi connectivity index (χ0) is 12.3. The SMILES string of the molecule is O=C(COc1ccc(F)c(Cl)c1)C1CCCC1. The predicted octanol–water partition coefficient (Wildman–Crippen LogP) is 3.62. The minimum Gasteiger partial charge on any atom is -0.486 e. The van der Waals surface area contributed by atoms with Gasteiger partial charge in [-0.05, 0) is 25.0 Å². The summed E-state index contributed by atoms with van der Waals surface area (Å²) in [6.45, 7) is 0.0482. The van der Waals surface area contributed by atoms with Crippen molar-refractivity contribution in [3.05, 3.63) is 29.0 Å². The molecule has 0 saturated heterocycles. The molecule has 1 aliphatic rings. The molecule has 1 aromatic rings. The summed E-state index contributed by atoms with van der Waals surface area (Å²) in [5, 5.41) is 0.0100. The van der Waals surface area contributed by atoms with E-state index in [4.69, 9.17) is 16.3 Å². The molecule has 1 aliphatic carbocycles. The van der Waals surface area contributed by atoms with Gasteiger partial charge in [-0.3, -0.25) is 4.79 Å². The number of rotatable bonds is 4. The quantitative estimate of drug-likeness (QED) is 0.823. The molecule has 0 N–H and O–H groups in total. The molecule has 0 heterocycles. The van der Waals surface area contributed by atoms with Crippen molar-refractivity contribution in [1.29, 1.82) is 0 Å². The number of benzene rings is 1. The van der Waals surface area contributed by atoms with Gasteiger partial charge in [0.25, 0.3) is 0 Å². The summed E-state index contributed by atoms with van der Waals surface area (Å²) in [5.41, 5.74) is 0. The lowest BCUT2D eigenvalue weighted by Crippen LogP contribution is -2.19. The number of ketones is 1. The summed E-state index contributed by atoms with van der Waals surface area (Å²) in [6.07, 6.45) is 4.18. The van der Waals surface area contributed by atoms with E-state index in [2.05, 4.69) is 0 Å². The molecule has 0 spiro atoms. The predicted molar refractivity (Wildman–Crippen MR) is 63.9 cm³/mol. The number of Topliss-reactive ketones (excluding diaryl/α,β-unsaturated/α-hetero) is 1. The number of halogens is 2. The van der Waals surface area contributed by atoms with Crippen molar-refractivity contribution in [1.82, 2.24) is 0 Å². The second-order valence-corrected chi connectivity index (χ2v) is 4.72. The first-order chi connectivity index (χ1) is 8.16. The van der Waals surface area contributed by atoms with E-state index in [1.165, 1.54) is 18.2 Å². The molecule has 0 radical (unpaired) electrons. The Bertz CT molecular complexity index is 414. The normalized spacial score (nSPS) is 16.1. The Hall–Kier alpha value is -1.09. The second-order valence-electron chi connectivity index (χ2n) is 4.31. The summed E-state index contributed by atoms with van der Waals surface area (Å²) < 4.78 is 18.2. The van der Waals surface area contributed by atoms with E-state index in [-0.39, 0.29) is 23.3 Å². The third-order valence-electron chi connectivity index (χ3n) is 3.08. The van der Waals surface area contributed by atoms with Crippen LogP contribution >= 0.6 is 11.6 Å². The summed E-state index contributed by atoms with van der Waals surface area (Å²) in [7, 11) is 0. The van der Waals surface area contributed by atoms with Crippen LogP contribution in [0.25, 0.3) is 0 Å². The highest BCUT2D eigenvalue weighted by molar-refractivity contribution is 6.30. The Morgan fingerprint density at radius 3 is 2.76 bits per heavy atom. The van der Waals surface area contributed by atoms with E-state index in [1.807, 2.05) is 0 Å². The van der Waals surface area contributed by atoms with Crippen molar-refractivity contribution in [2.24, 2.45) is 5.92 Å². The van der Waals surface area contributed by atoms with E-state index in [1.54, 1.807) is 0 Å². The van der Waals surface area contributed by atoms with Crippen LogP contribution in [0.15, 0.2) is 18.2 Å². The standard InChI is InChI=1S/C13H14ClFO2/c14-11-7-10(5-6-12(11)15)17-8-13(16)9-3-1-2-4-9/h5-7,9H,1-4,8H2. The molecular weight excluding hydrogens is 243 g/mol. The number of hydrogen-bond donors (Lipinski definition) is 0. The van der Waals surface area contributed by atoms with Crippen LogP contribution in [0.1, 0.15) is 25.7 Å². The lowest BCUT2D eigenvalue weighted by atomic mass is 10.0. The largest absolute Gasteiger partial charge is 0.486 e. The van der Waals surface area contributed by atoms with Crippen molar-refractivity contribution < 1.29 is 13.9 Å². The maximum Gasteiger partial charge on any atom is 0.173 e. The molecule has 1 fully saturated rings. The average molecular weight is 257 g/mol. The number of carbonyl (C=O) groups is 1. The first-order valence-electron chi connectivity index (χ1n) is 5.77. The highest BCUT2D eigenvalue weighted by Gasteiger charge is 2.22. The molecule has 92 valence electrons. The van der Waals surface area contributed by atoms with Crippen LogP contribution in [0.2, 0.25) is 5.02 Å². The number of carbonyl (C=O) groups excluding carboxylic acids is 1. The minimum atomic E-state index is -0.485. The van der Waals surface area contributed by atoms with Gasteiger partial charge in [0.15, 0.2) is 5.78 Å². The Balaban J connectivity index is 1.88. The summed E-state index contributed by atoms with van der Waals surface area (Å²) >= 11 is 5.62. The maximum atomic E-state index is 12.9. The highest BCUT2D eigenvalue weighted by atomic mass is 35.5. The van der Waals surface area contributed by atoms with Gasteiger partial charge in [-0.15, -0.1) is 0 Å². The molecule has 0 aromatic heterocycles. The van der Waals surface area contributed by atoms with Gasteiger partial charge in [0.1, 0.15) is 18.2 Å². The Morgan fingerprint density at radius 1 is 1.41 bits per heavy atom. The average Bonchev–Trinajstić information content (AvgIpc) is 2.84. The lowest BCUT2D eigenvalue weighted by molar-refractivity contribution is -0.124. The summed E-state index contributed by atoms with van der Waals surface area (Å²) in [5.74, 6) is 0.220. The lowest BCUT2D eigenvalue weighted by Gasteiger charge is -2.09. The molecule has 17 heavy (non-hydrogen) atoms. The Morgan fingerprint density at radius 2 is 2.12 bits per heavy atom. The van der Waals surface area contributed by atoms with Gasteiger partial charge in [0, 0.05) is 12.0 Å². The zero-order valence-electron chi connectivity index (χ0n) is 9.42. The van der Waals surface area contributed by atoms with E-state index in [9.17, 15) is 9.18 Å². The van der Waals surface area contributed by atoms with Gasteiger partial charge in [-0.1, -0.05) is 24.4 Å². The first-order valence-corrected chi connectivity index (χ1v) is 6.15. The van der Waals surface area contributed by atoms with Crippen molar-refractivity contribution in [3.63, 3.8) is 0 Å². The van der Waals surface area contributed by atoms with E-state index in [0.29, 0.717) is 5.75 Å². The Labute approximate surface area is 105 Å². The van der Waals surface area contributed by atoms with E-state index in [0.717, 1.165) is 25.7 Å². The maximum absolute atomic E-state index is 12.9. The highest BCUT2D eigenvalue weighted by Crippen LogP contribution is 2.26. The fourth-order valence-electron chi connectivity index (χ4n) is 2.09. The van der Waals surface area contributed by atoms with Crippen LogP contribution in [0, 0.1) is 11.7 Å². The molecule has 4 heteroatoms. The fourth-order valence-corrected chi connectivity index (χ4v) is 2.26. The fraction of sp³-hybridized carbons (Fsp3) is 0.462. The van der Waals surface area contributed by atoms with Crippen molar-refractivity contribution >= 4 is 17.4 Å². The molecule has 0 atom stereocenters.